The van der Waals surface area contributed by atoms with Gasteiger partial charge in [0.25, 0.3) is 0 Å². The minimum Gasteiger partial charge on any atom is -0.457 e. The van der Waals surface area contributed by atoms with E-state index in [0.717, 1.165) is 38.5 Å². The average Bonchev–Trinajstić information content (AvgIpc) is 3.02. The number of hydrogen-bond acceptors (Lipinski definition) is 6. The zero-order chi connectivity index (χ0) is 36.0. The summed E-state index contributed by atoms with van der Waals surface area (Å²) < 4.78 is 5.10. The molecule has 0 atom stereocenters. The summed E-state index contributed by atoms with van der Waals surface area (Å²) in [5.41, 5.74) is -1.73. The molecule has 0 unspecified atom stereocenters. The van der Waals surface area contributed by atoms with Crippen molar-refractivity contribution >= 4 is 34.8 Å². The lowest BCUT2D eigenvalue weighted by molar-refractivity contribution is -0.282. The third kappa shape index (κ3) is 13.2. The molecule has 0 spiro atoms. The Hall–Kier alpha value is -3.25. The van der Waals surface area contributed by atoms with Crippen LogP contribution in [0.25, 0.3) is 0 Å². The van der Waals surface area contributed by atoms with Gasteiger partial charge in [0.05, 0.1) is 22.8 Å². The third-order valence-electron chi connectivity index (χ3n) is 8.24. The fourth-order valence-corrected chi connectivity index (χ4v) is 8.77. The maximum absolute atomic E-state index is 11.3. The second-order valence-corrected chi connectivity index (χ2v) is 18.1. The molecule has 266 valence electrons. The van der Waals surface area contributed by atoms with E-state index in [9.17, 15) is 15.0 Å². The van der Waals surface area contributed by atoms with Crippen LogP contribution in [0.4, 0.5) is 0 Å². The first-order chi connectivity index (χ1) is 23.1. The summed E-state index contributed by atoms with van der Waals surface area (Å²) in [4.78, 5) is 22.6. The number of carbonyl (C=O) groups is 1. The van der Waals surface area contributed by atoms with Gasteiger partial charge in [0.1, 0.15) is 5.60 Å². The van der Waals surface area contributed by atoms with Crippen molar-refractivity contribution in [2.75, 3.05) is 0 Å². The lowest BCUT2D eigenvalue weighted by atomic mass is 9.78. The zero-order valence-electron chi connectivity index (χ0n) is 30.3. The molecule has 0 heterocycles. The van der Waals surface area contributed by atoms with Gasteiger partial charge in [-0.2, -0.15) is 0 Å². The number of rotatable bonds is 10. The molecule has 0 amide bonds. The van der Waals surface area contributed by atoms with Crippen LogP contribution in [-0.4, -0.2) is 44.6 Å². The highest BCUT2D eigenvalue weighted by Crippen LogP contribution is 2.43. The lowest BCUT2D eigenvalue weighted by Crippen LogP contribution is -2.35. The topological polar surface area (TPSA) is 85.2 Å². The lowest BCUT2D eigenvalue weighted by Gasteiger charge is -2.35. The molecule has 0 radical (unpaired) electrons. The maximum Gasteiger partial charge on any atom is 0.330 e. The number of benzene rings is 3. The molecule has 6 nitrogen and oxygen atoms in total. The normalized spacial score (nSPS) is 16.4. The third-order valence-corrected chi connectivity index (χ3v) is 12.0. The molecule has 0 aromatic heterocycles. The highest BCUT2D eigenvalue weighted by atomic mass is 31.2. The first-order valence-corrected chi connectivity index (χ1v) is 19.2. The number of carbonyl (C=O) groups excluding carboxylic acids is 1. The van der Waals surface area contributed by atoms with Crippen LogP contribution in [0.15, 0.2) is 116 Å². The molecule has 5 rings (SSSR count). The first kappa shape index (κ1) is 40.2. The molecule has 2 fully saturated rings. The summed E-state index contributed by atoms with van der Waals surface area (Å²) in [5, 5.41) is 22.8. The van der Waals surface area contributed by atoms with Gasteiger partial charge in [-0.3, -0.25) is 0 Å². The molecular formula is C42H57O6P. The van der Waals surface area contributed by atoms with E-state index in [1.165, 1.54) is 28.4 Å². The van der Waals surface area contributed by atoms with Crippen LogP contribution >= 0.6 is 6.89 Å². The van der Waals surface area contributed by atoms with E-state index in [1.807, 2.05) is 65.7 Å². The van der Waals surface area contributed by atoms with Gasteiger partial charge in [-0.05, 0) is 109 Å². The van der Waals surface area contributed by atoms with Gasteiger partial charge >= 0.3 is 5.97 Å². The van der Waals surface area contributed by atoms with Gasteiger partial charge in [0.2, 0.25) is 0 Å². The molecule has 3 aromatic carbocycles. The summed E-state index contributed by atoms with van der Waals surface area (Å²) in [5.74, 6) is 1.57. The molecule has 2 N–H and O–H groups in total. The van der Waals surface area contributed by atoms with Crippen molar-refractivity contribution in [3.8, 4) is 0 Å². The summed E-state index contributed by atoms with van der Waals surface area (Å²) in [6.45, 7) is 12.9. The van der Waals surface area contributed by atoms with Gasteiger partial charge in [-0.25, -0.2) is 14.6 Å². The zero-order valence-corrected chi connectivity index (χ0v) is 31.2. The van der Waals surface area contributed by atoms with E-state index in [0.29, 0.717) is 6.42 Å². The van der Waals surface area contributed by atoms with Crippen LogP contribution in [0, 0.1) is 0 Å². The van der Waals surface area contributed by atoms with Crippen molar-refractivity contribution in [2.45, 2.75) is 115 Å². The van der Waals surface area contributed by atoms with Crippen molar-refractivity contribution in [1.29, 1.82) is 0 Å². The molecule has 2 saturated carbocycles. The van der Waals surface area contributed by atoms with Crippen molar-refractivity contribution in [3.05, 3.63) is 116 Å². The molecule has 3 aromatic rings. The standard InChI is InChI=1S/C23H25O2P.C12H20O3.C7H12O/c1-23(2,3)25-24-19-26(20-13-7-4-8-14-20,21-15-9-5-10-16-21)22-17-11-6-12-18-22;1-11(2,3)15-10(13)6-4-7-12(14)8-5-9-12;1-2-4-7(8)5-3-6-7/h4-19H,1-3H3;4,6,14H,5,7-9H2,1-3H3;2,8H,1,3-6H2. The molecule has 0 bridgehead atoms. The molecule has 49 heavy (non-hydrogen) atoms. The van der Waals surface area contributed by atoms with E-state index in [4.69, 9.17) is 14.5 Å². The van der Waals surface area contributed by atoms with Crippen LogP contribution in [-0.2, 0) is 19.3 Å². The van der Waals surface area contributed by atoms with Crippen molar-refractivity contribution in [2.24, 2.45) is 0 Å². The van der Waals surface area contributed by atoms with Crippen LogP contribution in [0.3, 0.4) is 0 Å². The minimum atomic E-state index is -2.11. The largest absolute Gasteiger partial charge is 0.457 e. The Labute approximate surface area is 294 Å². The van der Waals surface area contributed by atoms with Crippen LogP contribution in [0.1, 0.15) is 92.9 Å². The second kappa shape index (κ2) is 18.1. The predicted molar refractivity (Wildman–Crippen MR) is 205 cm³/mol. The Morgan fingerprint density at radius 3 is 1.43 bits per heavy atom. The van der Waals surface area contributed by atoms with Gasteiger partial charge in [0, 0.05) is 13.0 Å². The summed E-state index contributed by atoms with van der Waals surface area (Å²) in [6, 6.07) is 31.6. The number of hydrogen-bond donors (Lipinski definition) is 2. The smallest absolute Gasteiger partial charge is 0.330 e. The van der Waals surface area contributed by atoms with Gasteiger partial charge in [0.15, 0.2) is 0 Å². The van der Waals surface area contributed by atoms with E-state index in [1.54, 1.807) is 12.2 Å². The Morgan fingerprint density at radius 1 is 0.714 bits per heavy atom. The Balaban J connectivity index is 0.000000236. The van der Waals surface area contributed by atoms with E-state index < -0.39 is 18.1 Å². The molecule has 2 aliphatic rings. The Morgan fingerprint density at radius 2 is 1.12 bits per heavy atom. The van der Waals surface area contributed by atoms with Gasteiger partial charge in [-0.15, -0.1) is 6.58 Å². The van der Waals surface area contributed by atoms with E-state index >= 15 is 0 Å². The molecule has 2 aliphatic carbocycles. The minimum absolute atomic E-state index is 0.342. The van der Waals surface area contributed by atoms with Crippen molar-refractivity contribution < 1.29 is 29.5 Å². The van der Waals surface area contributed by atoms with Gasteiger partial charge < -0.3 is 14.9 Å². The maximum atomic E-state index is 11.3. The first-order valence-electron chi connectivity index (χ1n) is 17.3. The van der Waals surface area contributed by atoms with Crippen molar-refractivity contribution in [1.82, 2.24) is 0 Å². The molecule has 0 aliphatic heterocycles. The number of aliphatic hydroxyl groups is 2. The van der Waals surface area contributed by atoms with Crippen LogP contribution in [0.2, 0.25) is 0 Å². The Bertz CT molecular complexity index is 1410. The van der Waals surface area contributed by atoms with E-state index in [2.05, 4.69) is 79.4 Å². The number of ether oxygens (including phenoxy) is 1. The average molecular weight is 689 g/mol. The predicted octanol–water partition coefficient (Wildman–Crippen LogP) is 8.15. The van der Waals surface area contributed by atoms with Gasteiger partial charge in [-0.1, -0.05) is 103 Å². The highest BCUT2D eigenvalue weighted by Gasteiger charge is 2.33. The van der Waals surface area contributed by atoms with Crippen LogP contribution < -0.4 is 15.9 Å². The number of esters is 1. The summed E-state index contributed by atoms with van der Waals surface area (Å²) in [7, 11) is 0. The van der Waals surface area contributed by atoms with Crippen molar-refractivity contribution in [3.63, 3.8) is 0 Å². The summed E-state index contributed by atoms with van der Waals surface area (Å²) in [6.07, 6.45) is 12.1. The molecular weight excluding hydrogens is 631 g/mol. The Kier molecular flexibility index (Phi) is 14.9. The highest BCUT2D eigenvalue weighted by molar-refractivity contribution is 7.94. The van der Waals surface area contributed by atoms with E-state index in [-0.39, 0.29) is 17.2 Å². The molecule has 7 heteroatoms. The molecule has 0 saturated heterocycles. The quantitative estimate of drug-likeness (QED) is 0.0559. The van der Waals surface area contributed by atoms with Crippen LogP contribution in [0.5, 0.6) is 0 Å². The fourth-order valence-electron chi connectivity index (χ4n) is 5.41. The fraction of sp³-hybridized carbons (Fsp3) is 0.429. The SMILES string of the molecule is C=CCC1(O)CCC1.CC(C)(C)OC(=O)C=CCC1(O)CCC1.CC(C)(C)OOC=P(c1ccccc1)(c1ccccc1)c1ccccc1. The monoisotopic (exact) mass is 688 g/mol. The summed E-state index contributed by atoms with van der Waals surface area (Å²) >= 11 is 0. The second-order valence-electron chi connectivity index (χ2n) is 14.9.